The summed E-state index contributed by atoms with van der Waals surface area (Å²) in [6.45, 7) is 0. The van der Waals surface area contributed by atoms with E-state index < -0.39 is 24.3 Å². The summed E-state index contributed by atoms with van der Waals surface area (Å²) in [6, 6.07) is 28.8. The van der Waals surface area contributed by atoms with Gasteiger partial charge in [-0.25, -0.2) is 13.6 Å². The first kappa shape index (κ1) is 23.8. The molecule has 4 nitrogen and oxygen atoms in total. The third-order valence-corrected chi connectivity index (χ3v) is 5.75. The van der Waals surface area contributed by atoms with E-state index in [1.54, 1.807) is 36.4 Å². The Morgan fingerprint density at radius 1 is 0.686 bits per heavy atom. The Balaban J connectivity index is 1.41. The predicted molar refractivity (Wildman–Crippen MR) is 131 cm³/mol. The molecule has 0 fully saturated rings. The molecule has 6 heteroatoms. The summed E-state index contributed by atoms with van der Waals surface area (Å²) in [6.07, 6.45) is -2.39. The summed E-state index contributed by atoms with van der Waals surface area (Å²) in [5.41, 5.74) is 4.63. The lowest BCUT2D eigenvalue weighted by atomic mass is 10.00. The van der Waals surface area contributed by atoms with E-state index in [2.05, 4.69) is 5.32 Å². The molecular weight excluding hydrogens is 448 g/mol. The van der Waals surface area contributed by atoms with E-state index in [-0.39, 0.29) is 12.0 Å². The van der Waals surface area contributed by atoms with Gasteiger partial charge in [0.25, 0.3) is 12.3 Å². The third kappa shape index (κ3) is 5.98. The van der Waals surface area contributed by atoms with Crippen LogP contribution in [0, 0.1) is 0 Å². The van der Waals surface area contributed by atoms with Gasteiger partial charge in [0.1, 0.15) is 6.04 Å². The number of alkyl halides is 2. The lowest BCUT2D eigenvalue weighted by molar-refractivity contribution is -0.139. The zero-order chi connectivity index (χ0) is 24.8. The van der Waals surface area contributed by atoms with Crippen LogP contribution in [0.25, 0.3) is 22.3 Å². The van der Waals surface area contributed by atoms with Gasteiger partial charge < -0.3 is 10.4 Å². The van der Waals surface area contributed by atoms with Crippen molar-refractivity contribution in [2.45, 2.75) is 18.9 Å². The first-order valence-electron chi connectivity index (χ1n) is 11.1. The fraction of sp³-hybridized carbons (Fsp3) is 0.103. The molecule has 4 rings (SSSR count). The molecule has 0 saturated carbocycles. The van der Waals surface area contributed by atoms with E-state index in [4.69, 9.17) is 0 Å². The highest BCUT2D eigenvalue weighted by atomic mass is 19.3. The molecule has 176 valence electrons. The van der Waals surface area contributed by atoms with Gasteiger partial charge in [0, 0.05) is 17.5 Å². The number of benzene rings is 4. The summed E-state index contributed by atoms with van der Waals surface area (Å²) >= 11 is 0. The minimum absolute atomic E-state index is 0.0563. The number of rotatable bonds is 8. The Labute approximate surface area is 201 Å². The van der Waals surface area contributed by atoms with Crippen LogP contribution in [0.3, 0.4) is 0 Å². The van der Waals surface area contributed by atoms with Crippen molar-refractivity contribution >= 4 is 11.9 Å². The largest absolute Gasteiger partial charge is 0.480 e. The van der Waals surface area contributed by atoms with Crippen LogP contribution in [-0.2, 0) is 11.2 Å². The Hall–Kier alpha value is -4.32. The molecule has 4 aromatic carbocycles. The second kappa shape index (κ2) is 10.7. The first-order valence-corrected chi connectivity index (χ1v) is 11.1. The van der Waals surface area contributed by atoms with Crippen LogP contribution in [-0.4, -0.2) is 23.0 Å². The van der Waals surface area contributed by atoms with Crippen LogP contribution in [0.2, 0.25) is 0 Å². The second-order valence-corrected chi connectivity index (χ2v) is 8.13. The molecule has 1 amide bonds. The highest BCUT2D eigenvalue weighted by Gasteiger charge is 2.21. The molecular formula is C29H23F2NO3. The highest BCUT2D eigenvalue weighted by Crippen LogP contribution is 2.25. The average molecular weight is 472 g/mol. The molecule has 0 aromatic heterocycles. The molecule has 0 saturated heterocycles. The van der Waals surface area contributed by atoms with Crippen molar-refractivity contribution in [2.75, 3.05) is 0 Å². The van der Waals surface area contributed by atoms with Gasteiger partial charge >= 0.3 is 5.97 Å². The van der Waals surface area contributed by atoms with Crippen molar-refractivity contribution in [1.29, 1.82) is 0 Å². The molecule has 0 aliphatic carbocycles. The number of aliphatic carboxylic acids is 1. The summed E-state index contributed by atoms with van der Waals surface area (Å²) in [5.74, 6) is -1.63. The molecule has 1 atom stereocenters. The van der Waals surface area contributed by atoms with Gasteiger partial charge in [0.2, 0.25) is 0 Å². The topological polar surface area (TPSA) is 66.4 Å². The number of carbonyl (C=O) groups excluding carboxylic acids is 1. The fourth-order valence-electron chi connectivity index (χ4n) is 3.78. The van der Waals surface area contributed by atoms with Crippen LogP contribution in [0.4, 0.5) is 8.78 Å². The molecule has 0 aliphatic heterocycles. The number of amides is 1. The van der Waals surface area contributed by atoms with Crippen molar-refractivity contribution in [3.63, 3.8) is 0 Å². The Morgan fingerprint density at radius 3 is 1.69 bits per heavy atom. The first-order chi connectivity index (χ1) is 16.9. The Kier molecular flexibility index (Phi) is 7.31. The molecule has 0 radical (unpaired) electrons. The number of halogens is 2. The highest BCUT2D eigenvalue weighted by molar-refractivity contribution is 5.97. The molecule has 0 bridgehead atoms. The van der Waals surface area contributed by atoms with Gasteiger partial charge in [0.15, 0.2) is 0 Å². The van der Waals surface area contributed by atoms with Gasteiger partial charge in [-0.3, -0.25) is 4.79 Å². The van der Waals surface area contributed by atoms with Crippen molar-refractivity contribution in [3.05, 3.63) is 120 Å². The molecule has 0 spiro atoms. The molecule has 0 unspecified atom stereocenters. The zero-order valence-corrected chi connectivity index (χ0v) is 18.7. The van der Waals surface area contributed by atoms with Crippen LogP contribution < -0.4 is 5.32 Å². The van der Waals surface area contributed by atoms with Gasteiger partial charge in [-0.1, -0.05) is 91.0 Å². The summed E-state index contributed by atoms with van der Waals surface area (Å²) < 4.78 is 25.5. The average Bonchev–Trinajstić information content (AvgIpc) is 2.89. The maximum atomic E-state index is 12.7. The number of hydrogen-bond donors (Lipinski definition) is 2. The summed E-state index contributed by atoms with van der Waals surface area (Å²) in [5, 5.41) is 12.2. The van der Waals surface area contributed by atoms with Gasteiger partial charge in [0.05, 0.1) is 0 Å². The van der Waals surface area contributed by atoms with Crippen molar-refractivity contribution in [2.24, 2.45) is 0 Å². The van der Waals surface area contributed by atoms with Crippen LogP contribution >= 0.6 is 0 Å². The number of carboxylic acids is 1. The Bertz CT molecular complexity index is 1290. The number of hydrogen-bond acceptors (Lipinski definition) is 2. The van der Waals surface area contributed by atoms with Crippen molar-refractivity contribution < 1.29 is 23.5 Å². The SMILES string of the molecule is O=C(N[C@@H](Cc1ccc(-c2ccccc2)cc1)C(=O)O)c1ccc(-c2ccc(C(F)F)cc2)cc1. The van der Waals surface area contributed by atoms with Gasteiger partial charge in [-0.2, -0.15) is 0 Å². The maximum absolute atomic E-state index is 12.7. The normalized spacial score (nSPS) is 11.7. The van der Waals surface area contributed by atoms with E-state index in [0.29, 0.717) is 5.56 Å². The smallest absolute Gasteiger partial charge is 0.326 e. The van der Waals surface area contributed by atoms with E-state index in [9.17, 15) is 23.5 Å². The number of carbonyl (C=O) groups is 2. The third-order valence-electron chi connectivity index (χ3n) is 5.75. The predicted octanol–water partition coefficient (Wildman–Crippen LogP) is 6.38. The quantitative estimate of drug-likeness (QED) is 0.313. The molecule has 0 aliphatic rings. The molecule has 35 heavy (non-hydrogen) atoms. The van der Waals surface area contributed by atoms with E-state index in [0.717, 1.165) is 27.8 Å². The second-order valence-electron chi connectivity index (χ2n) is 8.13. The lowest BCUT2D eigenvalue weighted by Gasteiger charge is -2.15. The number of nitrogens with one attached hydrogen (secondary N) is 1. The fourth-order valence-corrected chi connectivity index (χ4v) is 3.78. The van der Waals surface area contributed by atoms with Gasteiger partial charge in [-0.15, -0.1) is 0 Å². The van der Waals surface area contributed by atoms with Crippen LogP contribution in [0.15, 0.2) is 103 Å². The minimum Gasteiger partial charge on any atom is -0.480 e. The summed E-state index contributed by atoms with van der Waals surface area (Å²) in [4.78, 5) is 24.5. The maximum Gasteiger partial charge on any atom is 0.326 e. The summed E-state index contributed by atoms with van der Waals surface area (Å²) in [7, 11) is 0. The monoisotopic (exact) mass is 471 g/mol. The molecule has 4 aromatic rings. The number of carboxylic acid groups (broad SMARTS) is 1. The minimum atomic E-state index is -2.53. The van der Waals surface area contributed by atoms with Crippen LogP contribution in [0.1, 0.15) is 27.9 Å². The van der Waals surface area contributed by atoms with E-state index >= 15 is 0 Å². The van der Waals surface area contributed by atoms with Gasteiger partial charge in [-0.05, 0) is 39.9 Å². The van der Waals surface area contributed by atoms with E-state index in [1.165, 1.54) is 12.1 Å². The van der Waals surface area contributed by atoms with Crippen molar-refractivity contribution in [1.82, 2.24) is 5.32 Å². The lowest BCUT2D eigenvalue weighted by Crippen LogP contribution is -2.42. The van der Waals surface area contributed by atoms with E-state index in [1.807, 2.05) is 54.6 Å². The molecule has 0 heterocycles. The van der Waals surface area contributed by atoms with Crippen LogP contribution in [0.5, 0.6) is 0 Å². The molecule has 2 N–H and O–H groups in total. The zero-order valence-electron chi connectivity index (χ0n) is 18.7. The standard InChI is InChI=1S/C29H23F2NO3/c30-27(31)24-14-10-22(11-15-24)23-12-16-25(17-13-23)28(33)32-26(29(34)35)18-19-6-8-21(9-7-19)20-4-2-1-3-5-20/h1-17,26-27H,18H2,(H,32,33)(H,34,35)/t26-/m0/s1. The van der Waals surface area contributed by atoms with Crippen molar-refractivity contribution in [3.8, 4) is 22.3 Å². The Morgan fingerprint density at radius 2 is 1.17 bits per heavy atom.